The van der Waals surface area contributed by atoms with Gasteiger partial charge in [-0.05, 0) is 18.9 Å². The Balaban J connectivity index is 1.44. The molecule has 1 aromatic heterocycles. The van der Waals surface area contributed by atoms with Crippen LogP contribution >= 0.6 is 0 Å². The van der Waals surface area contributed by atoms with E-state index in [1.807, 2.05) is 6.07 Å². The molecule has 2 heterocycles. The van der Waals surface area contributed by atoms with Gasteiger partial charge in [0.1, 0.15) is 0 Å². The number of aryl methyl sites for hydroxylation is 1. The normalized spacial score (nSPS) is 17.8. The van der Waals surface area contributed by atoms with Gasteiger partial charge in [0, 0.05) is 39.1 Å². The fourth-order valence-electron chi connectivity index (χ4n) is 3.27. The van der Waals surface area contributed by atoms with Gasteiger partial charge in [0.2, 0.25) is 5.89 Å². The molecule has 0 bridgehead atoms. The van der Waals surface area contributed by atoms with Crippen LogP contribution in [0.3, 0.4) is 0 Å². The average molecular weight is 354 g/mol. The Kier molecular flexibility index (Phi) is 6.97. The van der Waals surface area contributed by atoms with Crippen LogP contribution in [-0.2, 0) is 6.42 Å². The highest BCUT2D eigenvalue weighted by Gasteiger charge is 2.25. The van der Waals surface area contributed by atoms with E-state index < -0.39 is 0 Å². The number of hydrogen-bond donors (Lipinski definition) is 0. The SMILES string of the molecule is CCCCc1noc(C(C)N2CCN(C/C=C/c3ccccc3)CC2)n1. The van der Waals surface area contributed by atoms with Crippen LogP contribution in [-0.4, -0.2) is 52.7 Å². The number of piperazine rings is 1. The summed E-state index contributed by atoms with van der Waals surface area (Å²) in [4.78, 5) is 9.51. The highest BCUT2D eigenvalue weighted by molar-refractivity contribution is 5.48. The zero-order valence-corrected chi connectivity index (χ0v) is 16.0. The van der Waals surface area contributed by atoms with Crippen LogP contribution in [0.15, 0.2) is 40.9 Å². The Morgan fingerprint density at radius 2 is 1.92 bits per heavy atom. The lowest BCUT2D eigenvalue weighted by atomic mass is 10.2. The molecule has 5 nitrogen and oxygen atoms in total. The second-order valence-electron chi connectivity index (χ2n) is 6.98. The van der Waals surface area contributed by atoms with Crippen molar-refractivity contribution in [2.24, 2.45) is 0 Å². The topological polar surface area (TPSA) is 45.4 Å². The summed E-state index contributed by atoms with van der Waals surface area (Å²) in [7, 11) is 0. The third kappa shape index (κ3) is 5.26. The standard InChI is InChI=1S/C21H30N4O/c1-3-4-12-20-22-21(26-23-20)18(2)25-16-14-24(15-17-25)13-8-11-19-9-6-5-7-10-19/h5-11,18H,3-4,12-17H2,1-2H3/b11-8+. The van der Waals surface area contributed by atoms with E-state index in [1.165, 1.54) is 5.56 Å². The van der Waals surface area contributed by atoms with Crippen LogP contribution in [0.4, 0.5) is 0 Å². The van der Waals surface area contributed by atoms with Gasteiger partial charge in [0.15, 0.2) is 5.82 Å². The van der Waals surface area contributed by atoms with Gasteiger partial charge < -0.3 is 4.52 Å². The van der Waals surface area contributed by atoms with E-state index in [0.717, 1.165) is 63.7 Å². The summed E-state index contributed by atoms with van der Waals surface area (Å²) in [5, 5.41) is 4.12. The van der Waals surface area contributed by atoms with Gasteiger partial charge in [-0.1, -0.05) is 61.0 Å². The van der Waals surface area contributed by atoms with E-state index in [1.54, 1.807) is 0 Å². The summed E-state index contributed by atoms with van der Waals surface area (Å²) >= 11 is 0. The summed E-state index contributed by atoms with van der Waals surface area (Å²) in [6, 6.07) is 10.7. The van der Waals surface area contributed by atoms with Crippen molar-refractivity contribution in [2.45, 2.75) is 39.2 Å². The van der Waals surface area contributed by atoms with Gasteiger partial charge in [0.05, 0.1) is 6.04 Å². The molecular weight excluding hydrogens is 324 g/mol. The van der Waals surface area contributed by atoms with Gasteiger partial charge in [0.25, 0.3) is 0 Å². The first-order chi connectivity index (χ1) is 12.8. The Hall–Kier alpha value is -1.98. The van der Waals surface area contributed by atoms with Crippen molar-refractivity contribution >= 4 is 6.08 Å². The van der Waals surface area contributed by atoms with E-state index >= 15 is 0 Å². The van der Waals surface area contributed by atoms with Crippen LogP contribution in [0.1, 0.15) is 50.0 Å². The predicted octanol–water partition coefficient (Wildman–Crippen LogP) is 3.80. The van der Waals surface area contributed by atoms with E-state index in [4.69, 9.17) is 4.52 Å². The largest absolute Gasteiger partial charge is 0.338 e. The van der Waals surface area contributed by atoms with Gasteiger partial charge in [-0.15, -0.1) is 0 Å². The molecule has 140 valence electrons. The molecule has 0 amide bonds. The Morgan fingerprint density at radius 3 is 2.65 bits per heavy atom. The summed E-state index contributed by atoms with van der Waals surface area (Å²) in [5.74, 6) is 1.60. The molecule has 0 spiro atoms. The average Bonchev–Trinajstić information content (AvgIpc) is 3.16. The molecule has 5 heteroatoms. The van der Waals surface area contributed by atoms with Crippen LogP contribution in [0, 0.1) is 0 Å². The minimum Gasteiger partial charge on any atom is -0.338 e. The molecule has 1 fully saturated rings. The number of benzene rings is 1. The fraction of sp³-hybridized carbons (Fsp3) is 0.524. The van der Waals surface area contributed by atoms with Crippen LogP contribution < -0.4 is 0 Å². The molecule has 0 aliphatic carbocycles. The maximum atomic E-state index is 5.49. The van der Waals surface area contributed by atoms with Crippen LogP contribution in [0.2, 0.25) is 0 Å². The molecule has 0 radical (unpaired) electrons. The first kappa shape index (κ1) is 18.8. The molecule has 1 atom stereocenters. The first-order valence-electron chi connectivity index (χ1n) is 9.76. The molecule has 1 aromatic carbocycles. The second kappa shape index (κ2) is 9.64. The lowest BCUT2D eigenvalue weighted by Crippen LogP contribution is -2.47. The Morgan fingerprint density at radius 1 is 1.15 bits per heavy atom. The zero-order valence-electron chi connectivity index (χ0n) is 16.0. The maximum Gasteiger partial charge on any atom is 0.243 e. The van der Waals surface area contributed by atoms with Gasteiger partial charge >= 0.3 is 0 Å². The quantitative estimate of drug-likeness (QED) is 0.721. The number of unbranched alkanes of at least 4 members (excludes halogenated alkanes) is 1. The molecule has 1 unspecified atom stereocenters. The zero-order chi connectivity index (χ0) is 18.2. The minimum absolute atomic E-state index is 0.194. The number of nitrogens with zero attached hydrogens (tertiary/aromatic N) is 4. The Labute approximate surface area is 156 Å². The van der Waals surface area contributed by atoms with Gasteiger partial charge in [-0.3, -0.25) is 9.80 Å². The molecule has 3 rings (SSSR count). The van der Waals surface area contributed by atoms with E-state index in [9.17, 15) is 0 Å². The van der Waals surface area contributed by atoms with E-state index in [0.29, 0.717) is 0 Å². The molecule has 1 aliphatic rings. The molecule has 26 heavy (non-hydrogen) atoms. The predicted molar refractivity (Wildman–Crippen MR) is 105 cm³/mol. The summed E-state index contributed by atoms with van der Waals surface area (Å²) < 4.78 is 5.49. The number of hydrogen-bond acceptors (Lipinski definition) is 5. The van der Waals surface area contributed by atoms with Crippen molar-refractivity contribution in [1.29, 1.82) is 0 Å². The smallest absolute Gasteiger partial charge is 0.243 e. The van der Waals surface area contributed by atoms with Crippen molar-refractivity contribution in [3.05, 3.63) is 53.7 Å². The maximum absolute atomic E-state index is 5.49. The molecule has 0 saturated carbocycles. The lowest BCUT2D eigenvalue weighted by Gasteiger charge is -2.36. The Bertz CT molecular complexity index is 674. The van der Waals surface area contributed by atoms with Crippen molar-refractivity contribution in [2.75, 3.05) is 32.7 Å². The van der Waals surface area contributed by atoms with Crippen molar-refractivity contribution < 1.29 is 4.52 Å². The van der Waals surface area contributed by atoms with Crippen LogP contribution in [0.5, 0.6) is 0 Å². The minimum atomic E-state index is 0.194. The molecule has 2 aromatic rings. The molecule has 1 saturated heterocycles. The highest BCUT2D eigenvalue weighted by atomic mass is 16.5. The number of aromatic nitrogens is 2. The third-order valence-electron chi connectivity index (χ3n) is 5.02. The first-order valence-corrected chi connectivity index (χ1v) is 9.76. The summed E-state index contributed by atoms with van der Waals surface area (Å²) in [6.07, 6.45) is 7.63. The van der Waals surface area contributed by atoms with Crippen molar-refractivity contribution in [3.8, 4) is 0 Å². The van der Waals surface area contributed by atoms with Crippen LogP contribution in [0.25, 0.3) is 6.08 Å². The molecule has 0 N–H and O–H groups in total. The summed E-state index contributed by atoms with van der Waals surface area (Å²) in [5.41, 5.74) is 1.26. The van der Waals surface area contributed by atoms with E-state index in [2.05, 4.69) is 70.2 Å². The third-order valence-corrected chi connectivity index (χ3v) is 5.02. The van der Waals surface area contributed by atoms with Gasteiger partial charge in [-0.2, -0.15) is 4.98 Å². The molecular formula is C21H30N4O. The molecule has 1 aliphatic heterocycles. The highest BCUT2D eigenvalue weighted by Crippen LogP contribution is 2.20. The van der Waals surface area contributed by atoms with Gasteiger partial charge in [-0.25, -0.2) is 0 Å². The summed E-state index contributed by atoms with van der Waals surface area (Å²) in [6.45, 7) is 9.56. The fourth-order valence-corrected chi connectivity index (χ4v) is 3.27. The monoisotopic (exact) mass is 354 g/mol. The van der Waals surface area contributed by atoms with Crippen molar-refractivity contribution in [1.82, 2.24) is 19.9 Å². The van der Waals surface area contributed by atoms with E-state index in [-0.39, 0.29) is 6.04 Å². The number of rotatable bonds is 8. The second-order valence-corrected chi connectivity index (χ2v) is 6.98. The lowest BCUT2D eigenvalue weighted by molar-refractivity contribution is 0.0947. The van der Waals surface area contributed by atoms with Crippen molar-refractivity contribution in [3.63, 3.8) is 0 Å².